The van der Waals surface area contributed by atoms with Crippen LogP contribution in [0.5, 0.6) is 0 Å². The normalized spacial score (nSPS) is 11.9. The van der Waals surface area contributed by atoms with E-state index in [1.807, 2.05) is 19.9 Å². The number of benzene rings is 1. The number of carbonyl (C=O) groups excluding carboxylic acids is 1. The third-order valence-corrected chi connectivity index (χ3v) is 5.58. The van der Waals surface area contributed by atoms with Gasteiger partial charge in [0, 0.05) is 18.3 Å². The van der Waals surface area contributed by atoms with Crippen LogP contribution in [0.2, 0.25) is 0 Å². The molecule has 1 aromatic heterocycles. The standard InChI is InChI=1S/C15H20N2O3S2/c1-10(2)9-16-15(18)14-8-11-7-12(5-6-13(11)21-14)17(3)22(4,19)20/h5-8,10H,9H2,1-4H3,(H,16,18). The van der Waals surface area contributed by atoms with E-state index in [0.717, 1.165) is 16.3 Å². The van der Waals surface area contributed by atoms with Gasteiger partial charge in [0.25, 0.3) is 5.91 Å². The number of hydrogen-bond donors (Lipinski definition) is 1. The molecule has 0 aliphatic rings. The largest absolute Gasteiger partial charge is 0.351 e. The molecule has 0 unspecified atom stereocenters. The second-order valence-corrected chi connectivity index (χ2v) is 8.76. The Bertz CT molecular complexity index is 794. The van der Waals surface area contributed by atoms with Gasteiger partial charge in [-0.2, -0.15) is 0 Å². The number of thiophene rings is 1. The Balaban J connectivity index is 2.30. The van der Waals surface area contributed by atoms with Gasteiger partial charge >= 0.3 is 0 Å². The van der Waals surface area contributed by atoms with Crippen LogP contribution < -0.4 is 9.62 Å². The summed E-state index contributed by atoms with van der Waals surface area (Å²) in [6.07, 6.45) is 1.16. The summed E-state index contributed by atoms with van der Waals surface area (Å²) in [5.41, 5.74) is 0.585. The lowest BCUT2D eigenvalue weighted by Crippen LogP contribution is -2.26. The summed E-state index contributed by atoms with van der Waals surface area (Å²) < 4.78 is 25.4. The highest BCUT2D eigenvalue weighted by molar-refractivity contribution is 7.92. The van der Waals surface area contributed by atoms with Gasteiger partial charge in [-0.25, -0.2) is 8.42 Å². The van der Waals surface area contributed by atoms with E-state index in [4.69, 9.17) is 0 Å². The Morgan fingerprint density at radius 1 is 1.32 bits per heavy atom. The SMILES string of the molecule is CC(C)CNC(=O)c1cc2cc(N(C)S(C)(=O)=O)ccc2s1. The van der Waals surface area contributed by atoms with Crippen LogP contribution in [0.25, 0.3) is 10.1 Å². The van der Waals surface area contributed by atoms with Crippen LogP contribution in [-0.4, -0.2) is 34.2 Å². The first-order chi connectivity index (χ1) is 10.2. The van der Waals surface area contributed by atoms with Crippen molar-refractivity contribution in [1.29, 1.82) is 0 Å². The molecule has 1 N–H and O–H groups in total. The number of amides is 1. The zero-order valence-corrected chi connectivity index (χ0v) is 14.7. The van der Waals surface area contributed by atoms with Crippen molar-refractivity contribution in [2.45, 2.75) is 13.8 Å². The van der Waals surface area contributed by atoms with Gasteiger partial charge < -0.3 is 5.32 Å². The molecule has 0 spiro atoms. The summed E-state index contributed by atoms with van der Waals surface area (Å²) in [4.78, 5) is 12.7. The summed E-state index contributed by atoms with van der Waals surface area (Å²) in [6, 6.07) is 7.17. The van der Waals surface area contributed by atoms with Crippen molar-refractivity contribution < 1.29 is 13.2 Å². The molecule has 0 bridgehead atoms. The fourth-order valence-electron chi connectivity index (χ4n) is 1.91. The van der Waals surface area contributed by atoms with Gasteiger partial charge in [-0.1, -0.05) is 13.8 Å². The Morgan fingerprint density at radius 3 is 2.59 bits per heavy atom. The lowest BCUT2D eigenvalue weighted by molar-refractivity contribution is 0.0953. The van der Waals surface area contributed by atoms with E-state index in [2.05, 4.69) is 5.32 Å². The predicted molar refractivity (Wildman–Crippen MR) is 92.2 cm³/mol. The number of nitrogens with zero attached hydrogens (tertiary/aromatic N) is 1. The fraction of sp³-hybridized carbons (Fsp3) is 0.400. The summed E-state index contributed by atoms with van der Waals surface area (Å²) in [5, 5.41) is 3.75. The van der Waals surface area contributed by atoms with Gasteiger partial charge in [0.05, 0.1) is 16.8 Å². The average Bonchev–Trinajstić information content (AvgIpc) is 2.85. The van der Waals surface area contributed by atoms with Gasteiger partial charge in [-0.15, -0.1) is 11.3 Å². The van der Waals surface area contributed by atoms with Gasteiger partial charge in [-0.05, 0) is 35.6 Å². The Labute approximate surface area is 135 Å². The maximum Gasteiger partial charge on any atom is 0.261 e. The number of rotatable bonds is 5. The van der Waals surface area contributed by atoms with Crippen molar-refractivity contribution in [3.05, 3.63) is 29.1 Å². The Morgan fingerprint density at radius 2 is 2.00 bits per heavy atom. The molecule has 1 aromatic carbocycles. The molecule has 5 nitrogen and oxygen atoms in total. The van der Waals surface area contributed by atoms with Crippen molar-refractivity contribution in [3.63, 3.8) is 0 Å². The Hall–Kier alpha value is -1.60. The molecule has 0 atom stereocenters. The van der Waals surface area contributed by atoms with Crippen LogP contribution in [0.15, 0.2) is 24.3 Å². The minimum absolute atomic E-state index is 0.0899. The van der Waals surface area contributed by atoms with Crippen LogP contribution in [-0.2, 0) is 10.0 Å². The van der Waals surface area contributed by atoms with Crippen LogP contribution in [0.1, 0.15) is 23.5 Å². The summed E-state index contributed by atoms with van der Waals surface area (Å²) in [7, 11) is -1.78. The van der Waals surface area contributed by atoms with E-state index >= 15 is 0 Å². The molecule has 1 heterocycles. The number of carbonyl (C=O) groups is 1. The number of anilines is 1. The van der Waals surface area contributed by atoms with Crippen molar-refractivity contribution in [2.24, 2.45) is 5.92 Å². The van der Waals surface area contributed by atoms with Crippen LogP contribution in [0, 0.1) is 5.92 Å². The summed E-state index contributed by atoms with van der Waals surface area (Å²) in [5.74, 6) is 0.307. The minimum Gasteiger partial charge on any atom is -0.351 e. The molecule has 0 saturated heterocycles. The smallest absolute Gasteiger partial charge is 0.261 e. The molecule has 1 amide bonds. The molecule has 2 aromatic rings. The van der Waals surface area contributed by atoms with E-state index in [0.29, 0.717) is 23.0 Å². The highest BCUT2D eigenvalue weighted by Gasteiger charge is 2.15. The number of nitrogens with one attached hydrogen (secondary N) is 1. The first-order valence-electron chi connectivity index (χ1n) is 6.94. The molecular formula is C15H20N2O3S2. The maximum atomic E-state index is 12.1. The molecule has 0 saturated carbocycles. The zero-order chi connectivity index (χ0) is 16.5. The number of hydrogen-bond acceptors (Lipinski definition) is 4. The zero-order valence-electron chi connectivity index (χ0n) is 13.1. The topological polar surface area (TPSA) is 66.5 Å². The number of sulfonamides is 1. The molecule has 0 fully saturated rings. The van der Waals surface area contributed by atoms with Crippen molar-refractivity contribution in [2.75, 3.05) is 24.2 Å². The third kappa shape index (κ3) is 3.78. The molecular weight excluding hydrogens is 320 g/mol. The fourth-order valence-corrected chi connectivity index (χ4v) is 3.37. The molecule has 7 heteroatoms. The highest BCUT2D eigenvalue weighted by atomic mass is 32.2. The van der Waals surface area contributed by atoms with Gasteiger partial charge in [0.2, 0.25) is 10.0 Å². The average molecular weight is 340 g/mol. The van der Waals surface area contributed by atoms with Gasteiger partial charge in [-0.3, -0.25) is 9.10 Å². The molecule has 2 rings (SSSR count). The van der Waals surface area contributed by atoms with Crippen molar-refractivity contribution in [3.8, 4) is 0 Å². The predicted octanol–water partition coefficient (Wildman–Crippen LogP) is 2.68. The van der Waals surface area contributed by atoms with Crippen LogP contribution >= 0.6 is 11.3 Å². The van der Waals surface area contributed by atoms with Crippen LogP contribution in [0.3, 0.4) is 0 Å². The molecule has 0 aliphatic carbocycles. The van der Waals surface area contributed by atoms with E-state index in [-0.39, 0.29) is 5.91 Å². The van der Waals surface area contributed by atoms with E-state index in [9.17, 15) is 13.2 Å². The maximum absolute atomic E-state index is 12.1. The van der Waals surface area contributed by atoms with Gasteiger partial charge in [0.15, 0.2) is 0 Å². The quantitative estimate of drug-likeness (QED) is 0.910. The lowest BCUT2D eigenvalue weighted by atomic mass is 10.2. The second-order valence-electron chi connectivity index (χ2n) is 5.67. The molecule has 0 radical (unpaired) electrons. The minimum atomic E-state index is -3.29. The second kappa shape index (κ2) is 6.26. The summed E-state index contributed by atoms with van der Waals surface area (Å²) >= 11 is 1.40. The first-order valence-corrected chi connectivity index (χ1v) is 9.60. The summed E-state index contributed by atoms with van der Waals surface area (Å²) in [6.45, 7) is 4.71. The van der Waals surface area contributed by atoms with Crippen molar-refractivity contribution in [1.82, 2.24) is 5.32 Å². The third-order valence-electron chi connectivity index (χ3n) is 3.26. The highest BCUT2D eigenvalue weighted by Crippen LogP contribution is 2.29. The molecule has 0 aliphatic heterocycles. The Kier molecular flexibility index (Phi) is 4.77. The van der Waals surface area contributed by atoms with Crippen LogP contribution in [0.4, 0.5) is 5.69 Å². The lowest BCUT2D eigenvalue weighted by Gasteiger charge is -2.16. The number of fused-ring (bicyclic) bond motifs is 1. The van der Waals surface area contributed by atoms with E-state index in [1.165, 1.54) is 22.7 Å². The molecule has 120 valence electrons. The monoisotopic (exact) mass is 340 g/mol. The molecule has 22 heavy (non-hydrogen) atoms. The first kappa shape index (κ1) is 16.8. The van der Waals surface area contributed by atoms with E-state index < -0.39 is 10.0 Å². The van der Waals surface area contributed by atoms with Crippen molar-refractivity contribution >= 4 is 43.0 Å². The van der Waals surface area contributed by atoms with E-state index in [1.54, 1.807) is 18.2 Å². The van der Waals surface area contributed by atoms with Gasteiger partial charge in [0.1, 0.15) is 0 Å².